The van der Waals surface area contributed by atoms with Crippen LogP contribution in [0.5, 0.6) is 5.75 Å². The number of alkyl halides is 1. The lowest BCUT2D eigenvalue weighted by Gasteiger charge is -2.14. The van der Waals surface area contributed by atoms with Gasteiger partial charge in [-0.1, -0.05) is 12.1 Å². The molecule has 1 aromatic carbocycles. The van der Waals surface area contributed by atoms with E-state index in [-0.39, 0.29) is 5.56 Å². The summed E-state index contributed by atoms with van der Waals surface area (Å²) < 4.78 is 18.4. The number of hydrogen-bond acceptors (Lipinski definition) is 2. The summed E-state index contributed by atoms with van der Waals surface area (Å²) in [5.41, 5.74) is 1.76. The van der Waals surface area contributed by atoms with E-state index in [1.54, 1.807) is 13.0 Å². The fourth-order valence-corrected chi connectivity index (χ4v) is 1.41. The van der Waals surface area contributed by atoms with Crippen LogP contribution in [0, 0.1) is 13.8 Å². The number of carboxylic acid groups (broad SMARTS) is 1. The highest BCUT2D eigenvalue weighted by Crippen LogP contribution is 2.32. The van der Waals surface area contributed by atoms with Crippen molar-refractivity contribution < 1.29 is 19.0 Å². The summed E-state index contributed by atoms with van der Waals surface area (Å²) in [7, 11) is 1.40. The van der Waals surface area contributed by atoms with Crippen molar-refractivity contribution in [3.63, 3.8) is 0 Å². The second kappa shape index (κ2) is 4.29. The van der Waals surface area contributed by atoms with Gasteiger partial charge in [-0.25, -0.2) is 9.18 Å². The number of methoxy groups -OCH3 is 1. The summed E-state index contributed by atoms with van der Waals surface area (Å²) in [4.78, 5) is 10.5. The minimum Gasteiger partial charge on any atom is -0.496 e. The number of benzene rings is 1. The van der Waals surface area contributed by atoms with Crippen LogP contribution in [0.4, 0.5) is 4.39 Å². The van der Waals surface area contributed by atoms with Gasteiger partial charge in [0.1, 0.15) is 5.75 Å². The number of rotatable bonds is 3. The van der Waals surface area contributed by atoms with Crippen LogP contribution < -0.4 is 4.74 Å². The molecule has 0 saturated heterocycles. The number of carbonyl (C=O) groups is 1. The second-order valence-electron chi connectivity index (χ2n) is 3.33. The van der Waals surface area contributed by atoms with Crippen molar-refractivity contribution in [2.24, 2.45) is 0 Å². The van der Waals surface area contributed by atoms with Crippen LogP contribution in [0.1, 0.15) is 22.9 Å². The summed E-state index contributed by atoms with van der Waals surface area (Å²) in [6.07, 6.45) is -2.04. The molecular weight excluding hydrogens is 199 g/mol. The molecule has 0 aliphatic rings. The monoisotopic (exact) mass is 212 g/mol. The van der Waals surface area contributed by atoms with Gasteiger partial charge in [0, 0.05) is 5.56 Å². The lowest BCUT2D eigenvalue weighted by molar-refractivity contribution is -0.143. The van der Waals surface area contributed by atoms with Crippen molar-refractivity contribution in [3.05, 3.63) is 28.8 Å². The van der Waals surface area contributed by atoms with Crippen molar-refractivity contribution in [2.75, 3.05) is 7.11 Å². The first kappa shape index (κ1) is 11.5. The Labute approximate surface area is 87.5 Å². The van der Waals surface area contributed by atoms with E-state index < -0.39 is 12.1 Å². The Kier molecular flexibility index (Phi) is 3.29. The Balaban J connectivity index is 3.30. The normalized spacial score (nSPS) is 12.3. The Morgan fingerprint density at radius 3 is 2.53 bits per heavy atom. The number of aryl methyl sites for hydroxylation is 1. The van der Waals surface area contributed by atoms with Gasteiger partial charge in [0.25, 0.3) is 0 Å². The minimum absolute atomic E-state index is 0.0631. The first-order valence-electron chi connectivity index (χ1n) is 4.50. The van der Waals surface area contributed by atoms with Gasteiger partial charge in [0.2, 0.25) is 6.17 Å². The van der Waals surface area contributed by atoms with Gasteiger partial charge in [-0.2, -0.15) is 0 Å². The highest BCUT2D eigenvalue weighted by atomic mass is 19.1. The Morgan fingerprint density at radius 2 is 2.07 bits per heavy atom. The van der Waals surface area contributed by atoms with Gasteiger partial charge in [-0.3, -0.25) is 0 Å². The highest BCUT2D eigenvalue weighted by Gasteiger charge is 2.23. The maximum atomic E-state index is 13.3. The van der Waals surface area contributed by atoms with Crippen molar-refractivity contribution in [3.8, 4) is 5.75 Å². The molecule has 0 aliphatic heterocycles. The van der Waals surface area contributed by atoms with Crippen molar-refractivity contribution in [1.82, 2.24) is 0 Å². The van der Waals surface area contributed by atoms with E-state index in [4.69, 9.17) is 9.84 Å². The van der Waals surface area contributed by atoms with Crippen molar-refractivity contribution in [2.45, 2.75) is 20.0 Å². The third-order valence-electron chi connectivity index (χ3n) is 2.40. The SMILES string of the molecule is COc1c(C(F)C(=O)O)ccc(C)c1C. The number of hydrogen-bond donors (Lipinski definition) is 1. The van der Waals surface area contributed by atoms with Crippen molar-refractivity contribution >= 4 is 5.97 Å². The molecule has 0 aromatic heterocycles. The van der Waals surface area contributed by atoms with E-state index in [0.29, 0.717) is 5.75 Å². The van der Waals surface area contributed by atoms with Crippen LogP contribution in [0.25, 0.3) is 0 Å². The molecule has 82 valence electrons. The van der Waals surface area contributed by atoms with E-state index in [9.17, 15) is 9.18 Å². The summed E-state index contributed by atoms with van der Waals surface area (Å²) >= 11 is 0. The van der Waals surface area contributed by atoms with Crippen LogP contribution in [-0.4, -0.2) is 18.2 Å². The molecule has 0 saturated carbocycles. The highest BCUT2D eigenvalue weighted by molar-refractivity contribution is 5.75. The smallest absolute Gasteiger partial charge is 0.343 e. The van der Waals surface area contributed by atoms with E-state index in [0.717, 1.165) is 11.1 Å². The van der Waals surface area contributed by atoms with Crippen LogP contribution in [0.2, 0.25) is 0 Å². The van der Waals surface area contributed by atoms with Gasteiger partial charge >= 0.3 is 5.97 Å². The number of ether oxygens (including phenoxy) is 1. The maximum absolute atomic E-state index is 13.3. The molecule has 0 spiro atoms. The topological polar surface area (TPSA) is 46.5 Å². The number of aliphatic carboxylic acids is 1. The molecule has 0 fully saturated rings. The standard InChI is InChI=1S/C11H13FO3/c1-6-4-5-8(9(12)11(13)14)10(15-3)7(6)2/h4-5,9H,1-3H3,(H,13,14). The molecule has 4 heteroatoms. The number of halogens is 1. The zero-order chi connectivity index (χ0) is 11.6. The van der Waals surface area contributed by atoms with Crippen LogP contribution in [0.3, 0.4) is 0 Å². The predicted octanol–water partition coefficient (Wildman–Crippen LogP) is 2.41. The summed E-state index contributed by atoms with van der Waals surface area (Å²) in [5.74, 6) is -1.19. The van der Waals surface area contributed by atoms with Gasteiger partial charge in [-0.05, 0) is 25.0 Å². The Bertz CT molecular complexity index is 388. The molecular formula is C11H13FO3. The van der Waals surface area contributed by atoms with E-state index >= 15 is 0 Å². The lowest BCUT2D eigenvalue weighted by atomic mass is 10.0. The van der Waals surface area contributed by atoms with Gasteiger partial charge in [0.05, 0.1) is 7.11 Å². The maximum Gasteiger partial charge on any atom is 0.343 e. The van der Waals surface area contributed by atoms with E-state index in [1.165, 1.54) is 13.2 Å². The molecule has 1 aromatic rings. The molecule has 1 unspecified atom stereocenters. The molecule has 1 rings (SSSR count). The van der Waals surface area contributed by atoms with Crippen molar-refractivity contribution in [1.29, 1.82) is 0 Å². The molecule has 0 radical (unpaired) electrons. The molecule has 0 amide bonds. The van der Waals surface area contributed by atoms with Crippen LogP contribution in [0.15, 0.2) is 12.1 Å². The summed E-state index contributed by atoms with van der Waals surface area (Å²) in [6, 6.07) is 3.13. The van der Waals surface area contributed by atoms with Crippen LogP contribution in [-0.2, 0) is 4.79 Å². The third kappa shape index (κ3) is 2.09. The molecule has 3 nitrogen and oxygen atoms in total. The molecule has 1 N–H and O–H groups in total. The minimum atomic E-state index is -2.04. The average molecular weight is 212 g/mol. The van der Waals surface area contributed by atoms with Crippen LogP contribution >= 0.6 is 0 Å². The summed E-state index contributed by atoms with van der Waals surface area (Å²) in [6.45, 7) is 3.63. The molecule has 15 heavy (non-hydrogen) atoms. The first-order chi connectivity index (χ1) is 6.99. The zero-order valence-electron chi connectivity index (χ0n) is 8.87. The predicted molar refractivity (Wildman–Crippen MR) is 54.0 cm³/mol. The zero-order valence-corrected chi connectivity index (χ0v) is 8.87. The molecule has 0 bridgehead atoms. The Hall–Kier alpha value is -1.58. The first-order valence-corrected chi connectivity index (χ1v) is 4.50. The van der Waals surface area contributed by atoms with E-state index in [1.807, 2.05) is 6.92 Å². The van der Waals surface area contributed by atoms with Gasteiger partial charge < -0.3 is 9.84 Å². The van der Waals surface area contributed by atoms with Gasteiger partial charge in [0.15, 0.2) is 0 Å². The lowest BCUT2D eigenvalue weighted by Crippen LogP contribution is -2.08. The molecule has 0 aliphatic carbocycles. The van der Waals surface area contributed by atoms with E-state index in [2.05, 4.69) is 0 Å². The Morgan fingerprint density at radius 1 is 1.47 bits per heavy atom. The summed E-state index contributed by atoms with van der Waals surface area (Å²) in [5, 5.41) is 8.59. The quantitative estimate of drug-likeness (QED) is 0.836. The fraction of sp³-hybridized carbons (Fsp3) is 0.364. The second-order valence-corrected chi connectivity index (χ2v) is 3.33. The fourth-order valence-electron chi connectivity index (χ4n) is 1.41. The average Bonchev–Trinajstić information content (AvgIpc) is 2.20. The molecule has 1 atom stereocenters. The third-order valence-corrected chi connectivity index (χ3v) is 2.40. The number of carboxylic acids is 1. The molecule has 0 heterocycles. The largest absolute Gasteiger partial charge is 0.496 e. The van der Waals surface area contributed by atoms with Gasteiger partial charge in [-0.15, -0.1) is 0 Å².